The molecule has 154 valence electrons. The predicted molar refractivity (Wildman–Crippen MR) is 117 cm³/mol. The van der Waals surface area contributed by atoms with Crippen molar-refractivity contribution < 1.29 is 19.0 Å². The van der Waals surface area contributed by atoms with Gasteiger partial charge in [0.15, 0.2) is 11.5 Å². The summed E-state index contributed by atoms with van der Waals surface area (Å²) in [4.78, 5) is 13.6. The zero-order chi connectivity index (χ0) is 20.9. The zero-order valence-electron chi connectivity index (χ0n) is 16.9. The molecule has 2 rings (SSSR count). The number of carbonyl (C=O) groups is 1. The Hall–Kier alpha value is -2.62. The van der Waals surface area contributed by atoms with Crippen LogP contribution in [0, 0.1) is 12.3 Å². The zero-order valence-corrected chi connectivity index (χ0v) is 17.7. The Kier molecular flexibility index (Phi) is 9.98. The van der Waals surface area contributed by atoms with Crippen LogP contribution in [0.25, 0.3) is 0 Å². The average molecular weight is 414 g/mol. The first-order chi connectivity index (χ1) is 14.2. The van der Waals surface area contributed by atoms with Crippen molar-refractivity contribution in [2.45, 2.75) is 24.3 Å². The summed E-state index contributed by atoms with van der Waals surface area (Å²) in [5.74, 6) is 4.12. The van der Waals surface area contributed by atoms with Crippen LogP contribution in [0.1, 0.15) is 12.5 Å². The van der Waals surface area contributed by atoms with Gasteiger partial charge < -0.3 is 19.5 Å². The summed E-state index contributed by atoms with van der Waals surface area (Å²) < 4.78 is 16.4. The lowest BCUT2D eigenvalue weighted by molar-refractivity contribution is -0.131. The Morgan fingerprint density at radius 2 is 2.00 bits per heavy atom. The van der Waals surface area contributed by atoms with Crippen LogP contribution in [0.3, 0.4) is 0 Å². The van der Waals surface area contributed by atoms with Crippen LogP contribution in [0.5, 0.6) is 11.5 Å². The third-order valence-corrected chi connectivity index (χ3v) is 5.13. The molecule has 0 saturated heterocycles. The highest BCUT2D eigenvalue weighted by molar-refractivity contribution is 7.99. The van der Waals surface area contributed by atoms with Gasteiger partial charge in [-0.3, -0.25) is 4.79 Å². The fourth-order valence-corrected chi connectivity index (χ4v) is 3.58. The van der Waals surface area contributed by atoms with E-state index in [9.17, 15) is 4.79 Å². The maximum Gasteiger partial charge on any atom is 0.250 e. The Morgan fingerprint density at radius 3 is 2.69 bits per heavy atom. The molecule has 0 heterocycles. The highest BCUT2D eigenvalue weighted by atomic mass is 32.2. The highest BCUT2D eigenvalue weighted by Gasteiger charge is 2.18. The first kappa shape index (κ1) is 22.7. The maximum absolute atomic E-state index is 12.5. The molecule has 0 unspecified atom stereocenters. The largest absolute Gasteiger partial charge is 0.493 e. The minimum Gasteiger partial charge on any atom is -0.493 e. The molecule has 0 aliphatic rings. The molecule has 29 heavy (non-hydrogen) atoms. The summed E-state index contributed by atoms with van der Waals surface area (Å²) in [6, 6.07) is 15.6. The second kappa shape index (κ2) is 12.8. The van der Waals surface area contributed by atoms with Gasteiger partial charge in [-0.2, -0.15) is 0 Å². The van der Waals surface area contributed by atoms with E-state index >= 15 is 0 Å². The standard InChI is InChI=1S/C23H27NO4S/c1-4-15-28-20-12-11-18(16-21(20)26-3)13-14-24-23(25)22(27-5-2)17-29-19-9-7-6-8-10-19/h1,6-12,16,22H,5,13-15,17H2,2-3H3,(H,24,25)/t22-/m1/s1. The van der Waals surface area contributed by atoms with Crippen molar-refractivity contribution in [2.24, 2.45) is 0 Å². The first-order valence-corrected chi connectivity index (χ1v) is 10.5. The fourth-order valence-electron chi connectivity index (χ4n) is 2.64. The molecule has 1 amide bonds. The van der Waals surface area contributed by atoms with Gasteiger partial charge in [0, 0.05) is 23.8 Å². The highest BCUT2D eigenvalue weighted by Crippen LogP contribution is 2.28. The molecule has 0 bridgehead atoms. The number of nitrogens with one attached hydrogen (secondary N) is 1. The first-order valence-electron chi connectivity index (χ1n) is 9.48. The summed E-state index contributed by atoms with van der Waals surface area (Å²) in [6.07, 6.45) is 5.41. The lowest BCUT2D eigenvalue weighted by atomic mass is 10.1. The number of thioether (sulfide) groups is 1. The Bertz CT molecular complexity index is 804. The number of carbonyl (C=O) groups excluding carboxylic acids is 1. The monoisotopic (exact) mass is 413 g/mol. The summed E-state index contributed by atoms with van der Waals surface area (Å²) in [5.41, 5.74) is 1.03. The molecule has 5 nitrogen and oxygen atoms in total. The summed E-state index contributed by atoms with van der Waals surface area (Å²) in [6.45, 7) is 3.07. The van der Waals surface area contributed by atoms with Crippen molar-refractivity contribution in [1.82, 2.24) is 5.32 Å². The van der Waals surface area contributed by atoms with Crippen LogP contribution in [-0.4, -0.2) is 44.6 Å². The van der Waals surface area contributed by atoms with E-state index in [0.717, 1.165) is 10.5 Å². The van der Waals surface area contributed by atoms with Crippen LogP contribution < -0.4 is 14.8 Å². The molecule has 0 saturated carbocycles. The molecule has 0 fully saturated rings. The van der Waals surface area contributed by atoms with Gasteiger partial charge in [0.1, 0.15) is 12.7 Å². The van der Waals surface area contributed by atoms with E-state index in [2.05, 4.69) is 11.2 Å². The third kappa shape index (κ3) is 7.72. The molecule has 0 aliphatic carbocycles. The Labute approximate surface area is 177 Å². The second-order valence-corrected chi connectivity index (χ2v) is 7.18. The molecule has 0 aromatic heterocycles. The molecule has 6 heteroatoms. The quantitative estimate of drug-likeness (QED) is 0.426. The normalized spacial score (nSPS) is 11.3. The number of benzene rings is 2. The lowest BCUT2D eigenvalue weighted by Gasteiger charge is -2.17. The molecule has 0 radical (unpaired) electrons. The number of rotatable bonds is 12. The van der Waals surface area contributed by atoms with Gasteiger partial charge in [-0.25, -0.2) is 0 Å². The number of hydrogen-bond acceptors (Lipinski definition) is 5. The van der Waals surface area contributed by atoms with Crippen LogP contribution in [0.2, 0.25) is 0 Å². The molecule has 1 atom stereocenters. The van der Waals surface area contributed by atoms with E-state index in [-0.39, 0.29) is 12.5 Å². The molecular weight excluding hydrogens is 386 g/mol. The molecule has 2 aromatic rings. The van der Waals surface area contributed by atoms with Gasteiger partial charge in [-0.1, -0.05) is 30.2 Å². The molecule has 0 aliphatic heterocycles. The molecule has 2 aromatic carbocycles. The summed E-state index contributed by atoms with van der Waals surface area (Å²) in [7, 11) is 1.58. The number of amides is 1. The fraction of sp³-hybridized carbons (Fsp3) is 0.348. The minimum atomic E-state index is -0.487. The van der Waals surface area contributed by atoms with E-state index in [4.69, 9.17) is 20.6 Å². The second-order valence-electron chi connectivity index (χ2n) is 6.09. The van der Waals surface area contributed by atoms with Gasteiger partial charge in [-0.15, -0.1) is 18.2 Å². The topological polar surface area (TPSA) is 56.8 Å². The minimum absolute atomic E-state index is 0.101. The smallest absolute Gasteiger partial charge is 0.250 e. The van der Waals surface area contributed by atoms with E-state index < -0.39 is 6.10 Å². The number of ether oxygens (including phenoxy) is 3. The van der Waals surface area contributed by atoms with Gasteiger partial charge in [-0.05, 0) is 43.2 Å². The SMILES string of the molecule is C#CCOc1ccc(CCNC(=O)[C@@H](CSc2ccccc2)OCC)cc1OC. The van der Waals surface area contributed by atoms with Gasteiger partial charge in [0.25, 0.3) is 0 Å². The van der Waals surface area contributed by atoms with E-state index in [1.807, 2.05) is 55.5 Å². The van der Waals surface area contributed by atoms with Crippen LogP contribution in [-0.2, 0) is 16.0 Å². The van der Waals surface area contributed by atoms with Crippen LogP contribution in [0.15, 0.2) is 53.4 Å². The van der Waals surface area contributed by atoms with E-state index in [0.29, 0.717) is 36.8 Å². The van der Waals surface area contributed by atoms with Crippen LogP contribution in [0.4, 0.5) is 0 Å². The van der Waals surface area contributed by atoms with Crippen LogP contribution >= 0.6 is 11.8 Å². The van der Waals surface area contributed by atoms with Gasteiger partial charge in [0.05, 0.1) is 7.11 Å². The van der Waals surface area contributed by atoms with Crippen molar-refractivity contribution in [1.29, 1.82) is 0 Å². The Balaban J connectivity index is 1.85. The predicted octanol–water partition coefficient (Wildman–Crippen LogP) is 3.56. The summed E-state index contributed by atoms with van der Waals surface area (Å²) >= 11 is 1.61. The van der Waals surface area contributed by atoms with Crippen molar-refractivity contribution in [2.75, 3.05) is 32.6 Å². The molecule has 1 N–H and O–H groups in total. The Morgan fingerprint density at radius 1 is 1.21 bits per heavy atom. The average Bonchev–Trinajstić information content (AvgIpc) is 2.76. The van der Waals surface area contributed by atoms with Crippen molar-refractivity contribution in [3.05, 3.63) is 54.1 Å². The number of terminal acetylenes is 1. The van der Waals surface area contributed by atoms with E-state index in [1.165, 1.54) is 0 Å². The number of methoxy groups -OCH3 is 1. The summed E-state index contributed by atoms with van der Waals surface area (Å²) in [5, 5.41) is 2.96. The van der Waals surface area contributed by atoms with Gasteiger partial charge in [0.2, 0.25) is 5.91 Å². The molecular formula is C23H27NO4S. The third-order valence-electron chi connectivity index (χ3n) is 4.06. The van der Waals surface area contributed by atoms with Crippen molar-refractivity contribution in [3.8, 4) is 23.8 Å². The van der Waals surface area contributed by atoms with Crippen molar-refractivity contribution in [3.63, 3.8) is 0 Å². The maximum atomic E-state index is 12.5. The lowest BCUT2D eigenvalue weighted by Crippen LogP contribution is -2.39. The molecule has 0 spiro atoms. The van der Waals surface area contributed by atoms with Gasteiger partial charge >= 0.3 is 0 Å². The number of hydrogen-bond donors (Lipinski definition) is 1. The van der Waals surface area contributed by atoms with E-state index in [1.54, 1.807) is 18.9 Å². The van der Waals surface area contributed by atoms with Crippen molar-refractivity contribution >= 4 is 17.7 Å².